The van der Waals surface area contributed by atoms with Gasteiger partial charge in [0.05, 0.1) is 30.2 Å². The number of nitrogens with zero attached hydrogens (tertiary/aromatic N) is 3. The molecule has 3 heterocycles. The molecule has 2 saturated heterocycles. The molecule has 1 amide bonds. The maximum Gasteiger partial charge on any atom is 0.256 e. The Bertz CT molecular complexity index is 1000. The topological polar surface area (TPSA) is 65.9 Å². The summed E-state index contributed by atoms with van der Waals surface area (Å²) in [6.07, 6.45) is 4.39. The number of carbonyl (C=O) groups is 1. The molecule has 35 heavy (non-hydrogen) atoms. The number of β-amino-alcohol motifs (C(OH)–C–C–N with tert-alkyl or cyclic N) is 1. The lowest BCUT2D eigenvalue weighted by Gasteiger charge is -2.34. The standard InChI is InChI=1S/C27H35F2N3O3/c1-27(2,29)18-31-12-9-19(10-13-31)17-35-22-6-8-25(30-15-22)20-5-7-23(24(28)14-20)26(34)32-11-3-4-21(33)16-32/h5-8,14-15,19,21,33H,3-4,9-13,16-18H2,1-2H3/t21-/m1/s1. The maximum absolute atomic E-state index is 14.8. The number of alkyl halides is 1. The Balaban J connectivity index is 1.30. The Morgan fingerprint density at radius 1 is 1.17 bits per heavy atom. The number of pyridine rings is 1. The maximum atomic E-state index is 14.8. The number of likely N-dealkylation sites (tertiary alicyclic amines) is 2. The predicted octanol–water partition coefficient (Wildman–Crippen LogP) is 4.32. The number of aliphatic hydroxyl groups is 1. The predicted molar refractivity (Wildman–Crippen MR) is 131 cm³/mol. The van der Waals surface area contributed by atoms with Crippen LogP contribution in [0.15, 0.2) is 36.5 Å². The Hall–Kier alpha value is -2.58. The first-order chi connectivity index (χ1) is 16.7. The summed E-state index contributed by atoms with van der Waals surface area (Å²) in [7, 11) is 0. The Labute approximate surface area is 205 Å². The third-order valence-electron chi connectivity index (χ3n) is 6.71. The molecule has 0 saturated carbocycles. The highest BCUT2D eigenvalue weighted by molar-refractivity contribution is 5.95. The van der Waals surface area contributed by atoms with Crippen LogP contribution in [0.25, 0.3) is 11.3 Å². The van der Waals surface area contributed by atoms with Crippen molar-refractivity contribution in [3.05, 3.63) is 47.9 Å². The highest BCUT2D eigenvalue weighted by Gasteiger charge is 2.26. The zero-order chi connectivity index (χ0) is 25.0. The SMILES string of the molecule is CC(C)(F)CN1CCC(COc2ccc(-c3ccc(C(=O)N4CCC[C@@H](O)C4)c(F)c3)nc2)CC1. The molecule has 0 spiro atoms. The number of hydrogen-bond acceptors (Lipinski definition) is 5. The van der Waals surface area contributed by atoms with E-state index in [0.29, 0.717) is 55.5 Å². The number of rotatable bonds is 7. The third-order valence-corrected chi connectivity index (χ3v) is 6.71. The Morgan fingerprint density at radius 2 is 1.94 bits per heavy atom. The van der Waals surface area contributed by atoms with Gasteiger partial charge in [-0.3, -0.25) is 9.78 Å². The van der Waals surface area contributed by atoms with Crippen LogP contribution in [0.3, 0.4) is 0 Å². The molecule has 0 radical (unpaired) electrons. The minimum absolute atomic E-state index is 0.00364. The molecule has 6 nitrogen and oxygen atoms in total. The first kappa shape index (κ1) is 25.5. The van der Waals surface area contributed by atoms with Crippen LogP contribution in [0.5, 0.6) is 5.75 Å². The van der Waals surface area contributed by atoms with Gasteiger partial charge in [0.15, 0.2) is 0 Å². The monoisotopic (exact) mass is 487 g/mol. The number of amides is 1. The third kappa shape index (κ3) is 6.98. The van der Waals surface area contributed by atoms with Crippen molar-refractivity contribution in [3.63, 3.8) is 0 Å². The summed E-state index contributed by atoms with van der Waals surface area (Å²) in [5, 5.41) is 9.80. The quantitative estimate of drug-likeness (QED) is 0.630. The lowest BCUT2D eigenvalue weighted by Crippen LogP contribution is -2.42. The number of hydrogen-bond donors (Lipinski definition) is 1. The fourth-order valence-corrected chi connectivity index (χ4v) is 4.85. The highest BCUT2D eigenvalue weighted by Crippen LogP contribution is 2.25. The van der Waals surface area contributed by atoms with Gasteiger partial charge in [0, 0.05) is 25.2 Å². The van der Waals surface area contributed by atoms with Crippen molar-refractivity contribution in [3.8, 4) is 17.0 Å². The molecule has 2 aliphatic rings. The molecule has 1 aromatic heterocycles. The first-order valence-corrected chi connectivity index (χ1v) is 12.5. The summed E-state index contributed by atoms with van der Waals surface area (Å²) in [5.74, 6) is 0.0757. The van der Waals surface area contributed by atoms with Crippen LogP contribution in [-0.4, -0.2) is 76.9 Å². The summed E-state index contributed by atoms with van der Waals surface area (Å²) in [6.45, 7) is 6.79. The number of piperidine rings is 2. The molecular weight excluding hydrogens is 452 g/mol. The molecule has 2 aromatic rings. The van der Waals surface area contributed by atoms with Gasteiger partial charge in [-0.05, 0) is 82.8 Å². The smallest absolute Gasteiger partial charge is 0.256 e. The van der Waals surface area contributed by atoms with Crippen LogP contribution < -0.4 is 4.74 Å². The molecule has 1 aromatic carbocycles. The number of halogens is 2. The average Bonchev–Trinajstić information content (AvgIpc) is 2.82. The summed E-state index contributed by atoms with van der Waals surface area (Å²) < 4.78 is 34.5. The summed E-state index contributed by atoms with van der Waals surface area (Å²) in [5.41, 5.74) is -0.00555. The minimum atomic E-state index is -1.17. The number of aromatic nitrogens is 1. The van der Waals surface area contributed by atoms with Crippen molar-refractivity contribution < 1.29 is 23.4 Å². The van der Waals surface area contributed by atoms with E-state index in [1.54, 1.807) is 32.2 Å². The van der Waals surface area contributed by atoms with Crippen LogP contribution in [0.1, 0.15) is 49.9 Å². The van der Waals surface area contributed by atoms with E-state index in [4.69, 9.17) is 4.74 Å². The van der Waals surface area contributed by atoms with Crippen molar-refractivity contribution in [2.45, 2.75) is 51.3 Å². The van der Waals surface area contributed by atoms with E-state index < -0.39 is 23.5 Å². The highest BCUT2D eigenvalue weighted by atomic mass is 19.1. The first-order valence-electron chi connectivity index (χ1n) is 12.5. The van der Waals surface area contributed by atoms with E-state index in [-0.39, 0.29) is 12.1 Å². The van der Waals surface area contributed by atoms with E-state index in [0.717, 1.165) is 25.9 Å². The van der Waals surface area contributed by atoms with E-state index in [1.165, 1.54) is 17.0 Å². The minimum Gasteiger partial charge on any atom is -0.492 e. The van der Waals surface area contributed by atoms with Gasteiger partial charge in [-0.25, -0.2) is 8.78 Å². The van der Waals surface area contributed by atoms with E-state index >= 15 is 0 Å². The Kier molecular flexibility index (Phi) is 8.02. The fraction of sp³-hybridized carbons (Fsp3) is 0.556. The Morgan fingerprint density at radius 3 is 2.57 bits per heavy atom. The van der Waals surface area contributed by atoms with Gasteiger partial charge >= 0.3 is 0 Å². The summed E-state index contributed by atoms with van der Waals surface area (Å²) >= 11 is 0. The van der Waals surface area contributed by atoms with Gasteiger partial charge < -0.3 is 19.6 Å². The number of ether oxygens (including phenoxy) is 1. The zero-order valence-electron chi connectivity index (χ0n) is 20.6. The van der Waals surface area contributed by atoms with Crippen molar-refractivity contribution in [2.75, 3.05) is 39.3 Å². The number of aliphatic hydroxyl groups excluding tert-OH is 1. The zero-order valence-corrected chi connectivity index (χ0v) is 20.6. The molecule has 2 fully saturated rings. The molecule has 1 N–H and O–H groups in total. The van der Waals surface area contributed by atoms with Crippen molar-refractivity contribution in [1.29, 1.82) is 0 Å². The van der Waals surface area contributed by atoms with Gasteiger partial charge in [0.2, 0.25) is 0 Å². The van der Waals surface area contributed by atoms with Gasteiger partial charge in [-0.2, -0.15) is 0 Å². The van der Waals surface area contributed by atoms with Gasteiger partial charge in [0.1, 0.15) is 17.2 Å². The number of carbonyl (C=O) groups excluding carboxylic acids is 1. The van der Waals surface area contributed by atoms with E-state index in [9.17, 15) is 18.7 Å². The van der Waals surface area contributed by atoms with Crippen molar-refractivity contribution >= 4 is 5.91 Å². The van der Waals surface area contributed by atoms with E-state index in [1.807, 2.05) is 6.07 Å². The largest absolute Gasteiger partial charge is 0.492 e. The molecule has 2 aliphatic heterocycles. The second kappa shape index (κ2) is 11.0. The lowest BCUT2D eigenvalue weighted by molar-refractivity contribution is 0.0470. The molecule has 0 bridgehead atoms. The average molecular weight is 488 g/mol. The fourth-order valence-electron chi connectivity index (χ4n) is 4.85. The van der Waals surface area contributed by atoms with Crippen molar-refractivity contribution in [1.82, 2.24) is 14.8 Å². The molecule has 1 atom stereocenters. The second-order valence-electron chi connectivity index (χ2n) is 10.4. The lowest BCUT2D eigenvalue weighted by atomic mass is 9.97. The van der Waals surface area contributed by atoms with Gasteiger partial charge in [-0.1, -0.05) is 6.07 Å². The van der Waals surface area contributed by atoms with Crippen LogP contribution in [0, 0.1) is 11.7 Å². The van der Waals surface area contributed by atoms with Gasteiger partial charge in [0.25, 0.3) is 5.91 Å². The van der Waals surface area contributed by atoms with Crippen LogP contribution in [0.4, 0.5) is 8.78 Å². The molecule has 8 heteroatoms. The molecule has 0 unspecified atom stereocenters. The normalized spacial score (nSPS) is 20.1. The van der Waals surface area contributed by atoms with Crippen LogP contribution in [-0.2, 0) is 0 Å². The van der Waals surface area contributed by atoms with Crippen LogP contribution >= 0.6 is 0 Å². The molecule has 190 valence electrons. The molecule has 4 rings (SSSR count). The van der Waals surface area contributed by atoms with Crippen LogP contribution in [0.2, 0.25) is 0 Å². The van der Waals surface area contributed by atoms with Crippen molar-refractivity contribution in [2.24, 2.45) is 5.92 Å². The molecular formula is C27H35F2N3O3. The second-order valence-corrected chi connectivity index (χ2v) is 10.4. The van der Waals surface area contributed by atoms with E-state index in [2.05, 4.69) is 9.88 Å². The summed E-state index contributed by atoms with van der Waals surface area (Å²) in [4.78, 5) is 20.7. The summed E-state index contributed by atoms with van der Waals surface area (Å²) in [6, 6.07) is 8.08. The molecule has 0 aliphatic carbocycles. The number of benzene rings is 1. The van der Waals surface area contributed by atoms with Gasteiger partial charge in [-0.15, -0.1) is 0 Å².